The molecule has 14 heavy (non-hydrogen) atoms. The highest BCUT2D eigenvalue weighted by molar-refractivity contribution is 4.86. The predicted octanol–water partition coefficient (Wildman–Crippen LogP) is 2.00. The molecule has 0 aromatic rings. The van der Waals surface area contributed by atoms with Gasteiger partial charge in [0.15, 0.2) is 0 Å². The van der Waals surface area contributed by atoms with Gasteiger partial charge in [-0.15, -0.1) is 0 Å². The van der Waals surface area contributed by atoms with E-state index in [2.05, 4.69) is 17.1 Å². The van der Waals surface area contributed by atoms with E-state index in [-0.39, 0.29) is 0 Å². The second-order valence-corrected chi connectivity index (χ2v) is 4.80. The van der Waals surface area contributed by atoms with Crippen molar-refractivity contribution in [2.24, 2.45) is 0 Å². The number of hydrogen-bond donors (Lipinski definition) is 1. The summed E-state index contributed by atoms with van der Waals surface area (Å²) in [5.41, 5.74) is 0. The number of nitrogens with zero attached hydrogens (tertiary/aromatic N) is 1. The van der Waals surface area contributed by atoms with E-state index >= 15 is 0 Å². The minimum absolute atomic E-state index is 0.845. The molecule has 0 spiro atoms. The summed E-state index contributed by atoms with van der Waals surface area (Å²) in [5.74, 6) is 0. The number of hydrogen-bond acceptors (Lipinski definition) is 2. The normalized spacial score (nSPS) is 35.8. The Morgan fingerprint density at radius 2 is 2.14 bits per heavy atom. The minimum atomic E-state index is 0.845. The van der Waals surface area contributed by atoms with Gasteiger partial charge in [0.2, 0.25) is 0 Å². The molecule has 0 aromatic carbocycles. The Morgan fingerprint density at radius 1 is 1.21 bits per heavy atom. The highest BCUT2D eigenvalue weighted by atomic mass is 15.2. The Bertz CT molecular complexity index is 164. The summed E-state index contributed by atoms with van der Waals surface area (Å²) in [7, 11) is 0. The van der Waals surface area contributed by atoms with Gasteiger partial charge in [-0.2, -0.15) is 0 Å². The van der Waals surface area contributed by atoms with Crippen LogP contribution in [-0.4, -0.2) is 36.6 Å². The van der Waals surface area contributed by atoms with Gasteiger partial charge in [0.25, 0.3) is 0 Å². The molecule has 0 aliphatic carbocycles. The van der Waals surface area contributed by atoms with E-state index in [1.165, 1.54) is 58.2 Å². The Kier molecular flexibility index (Phi) is 3.82. The first-order valence-corrected chi connectivity index (χ1v) is 6.38. The molecule has 0 aromatic heterocycles. The molecule has 2 nitrogen and oxygen atoms in total. The molecule has 0 radical (unpaired) electrons. The van der Waals surface area contributed by atoms with Gasteiger partial charge in [-0.05, 0) is 38.8 Å². The quantitative estimate of drug-likeness (QED) is 0.727. The van der Waals surface area contributed by atoms with Crippen molar-refractivity contribution < 1.29 is 0 Å². The van der Waals surface area contributed by atoms with Crippen molar-refractivity contribution in [3.05, 3.63) is 0 Å². The Balaban J connectivity index is 1.96. The lowest BCUT2D eigenvalue weighted by molar-refractivity contribution is 0.142. The number of rotatable bonds is 2. The number of likely N-dealkylation sites (tertiary alicyclic amines) is 1. The molecular formula is C12H24N2. The molecule has 0 amide bonds. The molecule has 0 saturated carbocycles. The lowest BCUT2D eigenvalue weighted by Gasteiger charge is -2.34. The summed E-state index contributed by atoms with van der Waals surface area (Å²) in [6, 6.07) is 1.72. The van der Waals surface area contributed by atoms with Crippen LogP contribution in [0.2, 0.25) is 0 Å². The fraction of sp³-hybridized carbons (Fsp3) is 1.00. The van der Waals surface area contributed by atoms with Gasteiger partial charge >= 0.3 is 0 Å². The average Bonchev–Trinajstić information content (AvgIpc) is 2.63. The summed E-state index contributed by atoms with van der Waals surface area (Å²) >= 11 is 0. The zero-order chi connectivity index (χ0) is 9.80. The Hall–Kier alpha value is -0.0800. The van der Waals surface area contributed by atoms with Crippen molar-refractivity contribution >= 4 is 0 Å². The standard InChI is InChI=1S/C12H24N2/c1-2-11-6-4-3-5-9-14(11)12-7-8-13-10-12/h11-13H,2-10H2,1H3. The van der Waals surface area contributed by atoms with E-state index in [0.29, 0.717) is 0 Å². The Morgan fingerprint density at radius 3 is 2.86 bits per heavy atom. The second-order valence-electron chi connectivity index (χ2n) is 4.80. The fourth-order valence-corrected chi connectivity index (χ4v) is 3.04. The first-order chi connectivity index (χ1) is 6.92. The zero-order valence-corrected chi connectivity index (χ0v) is 9.47. The molecular weight excluding hydrogens is 172 g/mol. The summed E-state index contributed by atoms with van der Waals surface area (Å²) in [6.07, 6.45) is 8.48. The van der Waals surface area contributed by atoms with E-state index in [1.807, 2.05) is 0 Å². The van der Waals surface area contributed by atoms with Gasteiger partial charge in [0.1, 0.15) is 0 Å². The van der Waals surface area contributed by atoms with Gasteiger partial charge in [-0.3, -0.25) is 4.90 Å². The summed E-state index contributed by atoms with van der Waals surface area (Å²) in [6.45, 7) is 6.17. The van der Waals surface area contributed by atoms with E-state index in [4.69, 9.17) is 0 Å². The molecule has 2 saturated heterocycles. The van der Waals surface area contributed by atoms with Gasteiger partial charge in [0, 0.05) is 18.6 Å². The summed E-state index contributed by atoms with van der Waals surface area (Å²) < 4.78 is 0. The van der Waals surface area contributed by atoms with Crippen molar-refractivity contribution in [1.29, 1.82) is 0 Å². The second kappa shape index (κ2) is 5.13. The van der Waals surface area contributed by atoms with Crippen LogP contribution in [0.4, 0.5) is 0 Å². The average molecular weight is 196 g/mol. The predicted molar refractivity (Wildman–Crippen MR) is 60.5 cm³/mol. The van der Waals surface area contributed by atoms with Crippen molar-refractivity contribution in [3.63, 3.8) is 0 Å². The van der Waals surface area contributed by atoms with Gasteiger partial charge in [-0.1, -0.05) is 19.8 Å². The van der Waals surface area contributed by atoms with Gasteiger partial charge in [0.05, 0.1) is 0 Å². The van der Waals surface area contributed by atoms with E-state index < -0.39 is 0 Å². The lowest BCUT2D eigenvalue weighted by Crippen LogP contribution is -2.43. The van der Waals surface area contributed by atoms with Crippen molar-refractivity contribution in [3.8, 4) is 0 Å². The molecule has 2 heterocycles. The van der Waals surface area contributed by atoms with Crippen LogP contribution in [0.25, 0.3) is 0 Å². The van der Waals surface area contributed by atoms with Crippen LogP contribution in [0, 0.1) is 0 Å². The number of nitrogens with one attached hydrogen (secondary N) is 1. The highest BCUT2D eigenvalue weighted by Gasteiger charge is 2.28. The van der Waals surface area contributed by atoms with Crippen LogP contribution < -0.4 is 5.32 Å². The van der Waals surface area contributed by atoms with Crippen LogP contribution in [0.1, 0.15) is 45.4 Å². The van der Waals surface area contributed by atoms with Crippen LogP contribution in [0.15, 0.2) is 0 Å². The maximum atomic E-state index is 3.49. The monoisotopic (exact) mass is 196 g/mol. The molecule has 2 unspecified atom stereocenters. The molecule has 82 valence electrons. The van der Waals surface area contributed by atoms with Crippen LogP contribution >= 0.6 is 0 Å². The van der Waals surface area contributed by atoms with Crippen LogP contribution in [0.3, 0.4) is 0 Å². The highest BCUT2D eigenvalue weighted by Crippen LogP contribution is 2.23. The fourth-order valence-electron chi connectivity index (χ4n) is 3.04. The molecule has 2 aliphatic rings. The SMILES string of the molecule is CCC1CCCCCN1C1CCNC1. The third-order valence-corrected chi connectivity index (χ3v) is 3.90. The molecule has 2 heteroatoms. The molecule has 2 rings (SSSR count). The van der Waals surface area contributed by atoms with Crippen molar-refractivity contribution in [2.75, 3.05) is 19.6 Å². The molecule has 2 aliphatic heterocycles. The molecule has 0 bridgehead atoms. The van der Waals surface area contributed by atoms with Crippen molar-refractivity contribution in [1.82, 2.24) is 10.2 Å². The largest absolute Gasteiger partial charge is 0.315 e. The van der Waals surface area contributed by atoms with E-state index in [9.17, 15) is 0 Å². The minimum Gasteiger partial charge on any atom is -0.315 e. The summed E-state index contributed by atoms with van der Waals surface area (Å²) in [5, 5.41) is 3.49. The third kappa shape index (κ3) is 2.29. The zero-order valence-electron chi connectivity index (χ0n) is 9.47. The summed E-state index contributed by atoms with van der Waals surface area (Å²) in [4.78, 5) is 2.80. The Labute approximate surface area is 88.1 Å². The third-order valence-electron chi connectivity index (χ3n) is 3.90. The smallest absolute Gasteiger partial charge is 0.0235 e. The molecule has 2 atom stereocenters. The maximum absolute atomic E-state index is 3.49. The van der Waals surface area contributed by atoms with Crippen LogP contribution in [-0.2, 0) is 0 Å². The maximum Gasteiger partial charge on any atom is 0.0235 e. The molecule has 2 fully saturated rings. The van der Waals surface area contributed by atoms with Gasteiger partial charge in [-0.25, -0.2) is 0 Å². The first kappa shape index (κ1) is 10.4. The van der Waals surface area contributed by atoms with E-state index in [1.54, 1.807) is 0 Å². The first-order valence-electron chi connectivity index (χ1n) is 6.38. The van der Waals surface area contributed by atoms with Crippen molar-refractivity contribution in [2.45, 2.75) is 57.5 Å². The van der Waals surface area contributed by atoms with Crippen LogP contribution in [0.5, 0.6) is 0 Å². The lowest BCUT2D eigenvalue weighted by atomic mass is 10.1. The molecule has 1 N–H and O–H groups in total. The topological polar surface area (TPSA) is 15.3 Å². The van der Waals surface area contributed by atoms with Gasteiger partial charge < -0.3 is 5.32 Å². The van der Waals surface area contributed by atoms with E-state index in [0.717, 1.165) is 12.1 Å².